The van der Waals surface area contributed by atoms with Gasteiger partial charge in [0.25, 0.3) is 0 Å². The summed E-state index contributed by atoms with van der Waals surface area (Å²) >= 11 is 0. The summed E-state index contributed by atoms with van der Waals surface area (Å²) in [5, 5.41) is 4.49. The number of benzene rings is 1. The molecular formula is C16H21N5. The van der Waals surface area contributed by atoms with Gasteiger partial charge in [0.2, 0.25) is 5.95 Å². The standard InChI is InChI=1S/C16H21N5/c1-11-6-4-7-14-15(11)20(16(17)18-14)8-5-9-21-13(3)10-12(2)19-21/h4,6-7,10H,5,8-9H2,1-3H3,(H2,17,18). The molecule has 3 rings (SSSR count). The van der Waals surface area contributed by atoms with Gasteiger partial charge in [-0.2, -0.15) is 5.10 Å². The fourth-order valence-corrected chi connectivity index (χ4v) is 2.89. The number of anilines is 1. The summed E-state index contributed by atoms with van der Waals surface area (Å²) in [5.74, 6) is 0.590. The normalized spacial score (nSPS) is 11.4. The molecule has 0 amide bonds. The summed E-state index contributed by atoms with van der Waals surface area (Å²) in [5.41, 5.74) is 11.7. The second-order valence-corrected chi connectivity index (χ2v) is 5.57. The number of nitrogen functional groups attached to an aromatic ring is 1. The number of fused-ring (bicyclic) bond motifs is 1. The monoisotopic (exact) mass is 283 g/mol. The molecule has 2 N–H and O–H groups in total. The third-order valence-corrected chi connectivity index (χ3v) is 3.85. The molecule has 0 atom stereocenters. The lowest BCUT2D eigenvalue weighted by atomic mass is 10.2. The average molecular weight is 283 g/mol. The molecule has 0 saturated heterocycles. The van der Waals surface area contributed by atoms with Crippen LogP contribution in [0.25, 0.3) is 11.0 Å². The molecule has 2 heterocycles. The smallest absolute Gasteiger partial charge is 0.201 e. The van der Waals surface area contributed by atoms with Crippen LogP contribution in [-0.4, -0.2) is 19.3 Å². The molecule has 0 saturated carbocycles. The molecule has 0 unspecified atom stereocenters. The maximum Gasteiger partial charge on any atom is 0.201 e. The van der Waals surface area contributed by atoms with Gasteiger partial charge >= 0.3 is 0 Å². The van der Waals surface area contributed by atoms with Crippen molar-refractivity contribution in [2.45, 2.75) is 40.3 Å². The zero-order valence-corrected chi connectivity index (χ0v) is 12.8. The molecular weight excluding hydrogens is 262 g/mol. The molecule has 3 aromatic rings. The first-order valence-electron chi connectivity index (χ1n) is 7.28. The van der Waals surface area contributed by atoms with E-state index in [9.17, 15) is 0 Å². The maximum absolute atomic E-state index is 6.07. The highest BCUT2D eigenvalue weighted by atomic mass is 15.3. The van der Waals surface area contributed by atoms with Crippen LogP contribution in [0.4, 0.5) is 5.95 Å². The zero-order valence-electron chi connectivity index (χ0n) is 12.8. The van der Waals surface area contributed by atoms with Crippen LogP contribution in [0.3, 0.4) is 0 Å². The highest BCUT2D eigenvalue weighted by Gasteiger charge is 2.10. The number of nitrogens with zero attached hydrogens (tertiary/aromatic N) is 4. The molecule has 0 aliphatic carbocycles. The Balaban J connectivity index is 1.79. The molecule has 0 fully saturated rings. The zero-order chi connectivity index (χ0) is 15.0. The molecule has 0 aliphatic rings. The fourth-order valence-electron chi connectivity index (χ4n) is 2.89. The van der Waals surface area contributed by atoms with Crippen LogP contribution in [0.15, 0.2) is 24.3 Å². The van der Waals surface area contributed by atoms with E-state index in [1.807, 2.05) is 19.1 Å². The number of imidazole rings is 1. The van der Waals surface area contributed by atoms with Crippen molar-refractivity contribution in [2.24, 2.45) is 0 Å². The molecule has 0 spiro atoms. The Morgan fingerprint density at radius 1 is 1.14 bits per heavy atom. The first-order chi connectivity index (χ1) is 10.1. The number of hydrogen-bond donors (Lipinski definition) is 1. The summed E-state index contributed by atoms with van der Waals surface area (Å²) in [6.45, 7) is 7.95. The summed E-state index contributed by atoms with van der Waals surface area (Å²) in [7, 11) is 0. The second kappa shape index (κ2) is 5.24. The minimum absolute atomic E-state index is 0.590. The van der Waals surface area contributed by atoms with Gasteiger partial charge in [-0.3, -0.25) is 4.68 Å². The van der Waals surface area contributed by atoms with Crippen LogP contribution in [0.5, 0.6) is 0 Å². The van der Waals surface area contributed by atoms with Crippen LogP contribution >= 0.6 is 0 Å². The van der Waals surface area contributed by atoms with Crippen molar-refractivity contribution in [3.8, 4) is 0 Å². The van der Waals surface area contributed by atoms with E-state index in [-0.39, 0.29) is 0 Å². The summed E-state index contributed by atoms with van der Waals surface area (Å²) in [6, 6.07) is 8.23. The van der Waals surface area contributed by atoms with Crippen LogP contribution in [0, 0.1) is 20.8 Å². The average Bonchev–Trinajstić information content (AvgIpc) is 2.91. The van der Waals surface area contributed by atoms with Crippen molar-refractivity contribution in [3.63, 3.8) is 0 Å². The van der Waals surface area contributed by atoms with Gasteiger partial charge in [0.05, 0.1) is 16.7 Å². The molecule has 21 heavy (non-hydrogen) atoms. The second-order valence-electron chi connectivity index (χ2n) is 5.57. The van der Waals surface area contributed by atoms with E-state index >= 15 is 0 Å². The largest absolute Gasteiger partial charge is 0.369 e. The minimum atomic E-state index is 0.590. The molecule has 1 aromatic carbocycles. The molecule has 2 aromatic heterocycles. The number of para-hydroxylation sites is 1. The van der Waals surface area contributed by atoms with Crippen LogP contribution in [-0.2, 0) is 13.1 Å². The Labute approximate surface area is 124 Å². The number of rotatable bonds is 4. The number of hydrogen-bond acceptors (Lipinski definition) is 3. The highest BCUT2D eigenvalue weighted by Crippen LogP contribution is 2.21. The maximum atomic E-state index is 6.07. The van der Waals surface area contributed by atoms with Gasteiger partial charge < -0.3 is 10.3 Å². The van der Waals surface area contributed by atoms with Gasteiger partial charge in [-0.05, 0) is 44.9 Å². The van der Waals surface area contributed by atoms with E-state index in [0.717, 1.165) is 36.2 Å². The lowest BCUT2D eigenvalue weighted by molar-refractivity contribution is 0.523. The van der Waals surface area contributed by atoms with Gasteiger partial charge in [-0.25, -0.2) is 4.98 Å². The Hall–Kier alpha value is -2.30. The molecule has 0 bridgehead atoms. The molecule has 0 aliphatic heterocycles. The topological polar surface area (TPSA) is 61.7 Å². The van der Waals surface area contributed by atoms with E-state index in [1.165, 1.54) is 11.3 Å². The van der Waals surface area contributed by atoms with E-state index in [2.05, 4.69) is 45.3 Å². The molecule has 110 valence electrons. The summed E-state index contributed by atoms with van der Waals surface area (Å²) in [4.78, 5) is 4.44. The SMILES string of the molecule is Cc1cc(C)n(CCCn2c(N)nc3cccc(C)c32)n1. The van der Waals surface area contributed by atoms with E-state index in [4.69, 9.17) is 5.73 Å². The van der Waals surface area contributed by atoms with Gasteiger partial charge in [0.1, 0.15) is 0 Å². The first kappa shape index (κ1) is 13.7. The molecule has 5 heteroatoms. The molecule has 5 nitrogen and oxygen atoms in total. The number of nitrogens with two attached hydrogens (primary N) is 1. The minimum Gasteiger partial charge on any atom is -0.369 e. The van der Waals surface area contributed by atoms with Crippen molar-refractivity contribution in [2.75, 3.05) is 5.73 Å². The van der Waals surface area contributed by atoms with Crippen LogP contribution in [0.2, 0.25) is 0 Å². The van der Waals surface area contributed by atoms with E-state index < -0.39 is 0 Å². The predicted octanol–water partition coefficient (Wildman–Crippen LogP) is 2.83. The van der Waals surface area contributed by atoms with Crippen molar-refractivity contribution >= 4 is 17.0 Å². The van der Waals surface area contributed by atoms with Gasteiger partial charge in [-0.1, -0.05) is 12.1 Å². The number of aromatic nitrogens is 4. The van der Waals surface area contributed by atoms with Crippen LogP contribution < -0.4 is 5.73 Å². The fraction of sp³-hybridized carbons (Fsp3) is 0.375. The summed E-state index contributed by atoms with van der Waals surface area (Å²) in [6.07, 6.45) is 0.978. The van der Waals surface area contributed by atoms with Gasteiger partial charge in [-0.15, -0.1) is 0 Å². The Morgan fingerprint density at radius 3 is 2.67 bits per heavy atom. The van der Waals surface area contributed by atoms with E-state index in [1.54, 1.807) is 0 Å². The lowest BCUT2D eigenvalue weighted by Gasteiger charge is -2.09. The third-order valence-electron chi connectivity index (χ3n) is 3.85. The van der Waals surface area contributed by atoms with Gasteiger partial charge in [0, 0.05) is 18.8 Å². The van der Waals surface area contributed by atoms with Crippen molar-refractivity contribution in [1.82, 2.24) is 19.3 Å². The van der Waals surface area contributed by atoms with Crippen molar-refractivity contribution in [1.29, 1.82) is 0 Å². The lowest BCUT2D eigenvalue weighted by Crippen LogP contribution is -2.09. The Kier molecular flexibility index (Phi) is 3.41. The third kappa shape index (κ3) is 2.51. The highest BCUT2D eigenvalue weighted by molar-refractivity contribution is 5.81. The summed E-state index contributed by atoms with van der Waals surface area (Å²) < 4.78 is 4.16. The number of aryl methyl sites for hydroxylation is 5. The predicted molar refractivity (Wildman–Crippen MR) is 85.2 cm³/mol. The molecule has 0 radical (unpaired) electrons. The Morgan fingerprint density at radius 2 is 1.95 bits per heavy atom. The Bertz CT molecular complexity index is 781. The van der Waals surface area contributed by atoms with E-state index in [0.29, 0.717) is 5.95 Å². The first-order valence-corrected chi connectivity index (χ1v) is 7.28. The van der Waals surface area contributed by atoms with Crippen LogP contribution in [0.1, 0.15) is 23.4 Å². The van der Waals surface area contributed by atoms with Gasteiger partial charge in [0.15, 0.2) is 0 Å². The van der Waals surface area contributed by atoms with Crippen molar-refractivity contribution < 1.29 is 0 Å². The quantitative estimate of drug-likeness (QED) is 0.801. The van der Waals surface area contributed by atoms with Crippen molar-refractivity contribution in [3.05, 3.63) is 41.2 Å².